The fourth-order valence-electron chi connectivity index (χ4n) is 2.13. The molecule has 2 aromatic rings. The van der Waals surface area contributed by atoms with Gasteiger partial charge in [0.2, 0.25) is 0 Å². The van der Waals surface area contributed by atoms with Crippen LogP contribution in [0.15, 0.2) is 30.5 Å². The summed E-state index contributed by atoms with van der Waals surface area (Å²) in [5.41, 5.74) is 4.24. The maximum absolute atomic E-state index is 9.39. The van der Waals surface area contributed by atoms with E-state index in [0.717, 1.165) is 16.8 Å². The highest BCUT2D eigenvalue weighted by Gasteiger charge is 2.26. The molecule has 0 unspecified atom stereocenters. The summed E-state index contributed by atoms with van der Waals surface area (Å²) in [5.74, 6) is 0.666. The van der Waals surface area contributed by atoms with Crippen molar-refractivity contribution in [1.29, 1.82) is 0 Å². The van der Waals surface area contributed by atoms with Crippen LogP contribution in [0, 0.1) is 6.92 Å². The number of hydrogen-bond donors (Lipinski definition) is 1. The average Bonchev–Trinajstić information content (AvgIpc) is 3.08. The summed E-state index contributed by atoms with van der Waals surface area (Å²) in [6.07, 6.45) is 4.51. The van der Waals surface area contributed by atoms with E-state index in [-0.39, 0.29) is 6.61 Å². The van der Waals surface area contributed by atoms with Crippen molar-refractivity contribution in [2.24, 2.45) is 0 Å². The van der Waals surface area contributed by atoms with E-state index >= 15 is 0 Å². The van der Waals surface area contributed by atoms with E-state index in [9.17, 15) is 5.11 Å². The molecule has 0 spiro atoms. The van der Waals surface area contributed by atoms with Crippen LogP contribution in [-0.4, -0.2) is 14.9 Å². The van der Waals surface area contributed by atoms with Crippen molar-refractivity contribution in [3.05, 3.63) is 47.3 Å². The molecular weight excluding hydrogens is 212 g/mol. The molecule has 1 aliphatic rings. The predicted octanol–water partition coefficient (Wildman–Crippen LogP) is 2.55. The Morgan fingerprint density at radius 1 is 1.35 bits per heavy atom. The van der Waals surface area contributed by atoms with E-state index in [1.54, 1.807) is 0 Å². The zero-order valence-electron chi connectivity index (χ0n) is 9.93. The lowest BCUT2D eigenvalue weighted by Gasteiger charge is -2.08. The average molecular weight is 228 g/mol. The van der Waals surface area contributed by atoms with Crippen LogP contribution in [0.25, 0.3) is 5.69 Å². The van der Waals surface area contributed by atoms with Gasteiger partial charge in [0.05, 0.1) is 18.0 Å². The van der Waals surface area contributed by atoms with Gasteiger partial charge in [-0.3, -0.25) is 0 Å². The third kappa shape index (κ3) is 1.98. The number of nitrogens with zero attached hydrogens (tertiary/aromatic N) is 2. The topological polar surface area (TPSA) is 38.0 Å². The zero-order valence-corrected chi connectivity index (χ0v) is 9.93. The molecule has 1 aliphatic carbocycles. The molecule has 0 bridgehead atoms. The molecule has 1 fully saturated rings. The number of aliphatic hydroxyl groups excluding tert-OH is 1. The highest BCUT2D eigenvalue weighted by molar-refractivity contribution is 5.42. The molecule has 1 saturated carbocycles. The Balaban J connectivity index is 2.01. The van der Waals surface area contributed by atoms with Gasteiger partial charge in [-0.1, -0.05) is 17.7 Å². The molecule has 0 atom stereocenters. The molecule has 1 heterocycles. The van der Waals surface area contributed by atoms with Crippen molar-refractivity contribution in [3.63, 3.8) is 0 Å². The molecule has 1 N–H and O–H groups in total. The van der Waals surface area contributed by atoms with E-state index in [1.807, 2.05) is 36.0 Å². The molecule has 0 radical (unpaired) electrons. The molecular formula is C14H16N2O. The summed E-state index contributed by atoms with van der Waals surface area (Å²) in [7, 11) is 0. The van der Waals surface area contributed by atoms with Crippen LogP contribution in [0.2, 0.25) is 0 Å². The van der Waals surface area contributed by atoms with Crippen molar-refractivity contribution in [1.82, 2.24) is 9.78 Å². The van der Waals surface area contributed by atoms with Crippen LogP contribution in [-0.2, 0) is 6.61 Å². The Hall–Kier alpha value is -1.61. The largest absolute Gasteiger partial charge is 0.392 e. The van der Waals surface area contributed by atoms with Gasteiger partial charge in [0.15, 0.2) is 0 Å². The van der Waals surface area contributed by atoms with Gasteiger partial charge in [0, 0.05) is 17.7 Å². The van der Waals surface area contributed by atoms with Crippen LogP contribution < -0.4 is 0 Å². The van der Waals surface area contributed by atoms with E-state index < -0.39 is 0 Å². The van der Waals surface area contributed by atoms with Crippen LogP contribution in [0.1, 0.15) is 35.6 Å². The monoisotopic (exact) mass is 228 g/mol. The number of aliphatic hydroxyl groups is 1. The second-order valence-corrected chi connectivity index (χ2v) is 4.75. The molecule has 3 heteroatoms. The zero-order chi connectivity index (χ0) is 11.8. The lowest BCUT2D eigenvalue weighted by molar-refractivity contribution is 0.281. The lowest BCUT2D eigenvalue weighted by Crippen LogP contribution is -2.01. The predicted molar refractivity (Wildman–Crippen MR) is 66.2 cm³/mol. The first-order valence-corrected chi connectivity index (χ1v) is 6.04. The Morgan fingerprint density at radius 3 is 2.88 bits per heavy atom. The van der Waals surface area contributed by atoms with E-state index in [1.165, 1.54) is 18.5 Å². The van der Waals surface area contributed by atoms with Gasteiger partial charge in [-0.15, -0.1) is 0 Å². The summed E-state index contributed by atoms with van der Waals surface area (Å²) in [6, 6.07) is 8.16. The first-order chi connectivity index (χ1) is 8.28. The third-order valence-corrected chi connectivity index (χ3v) is 3.26. The van der Waals surface area contributed by atoms with Gasteiger partial charge in [0.25, 0.3) is 0 Å². The van der Waals surface area contributed by atoms with Crippen LogP contribution in [0.4, 0.5) is 0 Å². The molecule has 3 nitrogen and oxygen atoms in total. The van der Waals surface area contributed by atoms with E-state index in [4.69, 9.17) is 0 Å². The third-order valence-electron chi connectivity index (χ3n) is 3.26. The lowest BCUT2D eigenvalue weighted by atomic mass is 10.1. The second kappa shape index (κ2) is 4.00. The minimum Gasteiger partial charge on any atom is -0.392 e. The van der Waals surface area contributed by atoms with Gasteiger partial charge in [-0.05, 0) is 31.9 Å². The summed E-state index contributed by atoms with van der Waals surface area (Å²) in [4.78, 5) is 0. The SMILES string of the molecule is Cc1ccc(-n2ccc(C3CC3)n2)c(CO)c1. The molecule has 0 aliphatic heterocycles. The number of hydrogen-bond acceptors (Lipinski definition) is 2. The van der Waals surface area contributed by atoms with Crippen LogP contribution in [0.3, 0.4) is 0 Å². The molecule has 3 rings (SSSR count). The first kappa shape index (κ1) is 10.5. The number of aromatic nitrogens is 2. The van der Waals surface area contributed by atoms with Crippen molar-refractivity contribution in [3.8, 4) is 5.69 Å². The molecule has 0 amide bonds. The fraction of sp³-hybridized carbons (Fsp3) is 0.357. The fourth-order valence-corrected chi connectivity index (χ4v) is 2.13. The molecule has 88 valence electrons. The maximum atomic E-state index is 9.39. The summed E-state index contributed by atoms with van der Waals surface area (Å²) in [5, 5.41) is 14.0. The molecule has 1 aromatic heterocycles. The van der Waals surface area contributed by atoms with E-state index in [2.05, 4.69) is 11.2 Å². The highest BCUT2D eigenvalue weighted by Crippen LogP contribution is 2.39. The first-order valence-electron chi connectivity index (χ1n) is 6.04. The highest BCUT2D eigenvalue weighted by atomic mass is 16.3. The van der Waals surface area contributed by atoms with Gasteiger partial charge in [-0.25, -0.2) is 4.68 Å². The Labute approximate surface area is 101 Å². The smallest absolute Gasteiger partial charge is 0.0703 e. The maximum Gasteiger partial charge on any atom is 0.0703 e. The second-order valence-electron chi connectivity index (χ2n) is 4.75. The summed E-state index contributed by atoms with van der Waals surface area (Å²) in [6.45, 7) is 2.08. The van der Waals surface area contributed by atoms with Crippen molar-refractivity contribution < 1.29 is 5.11 Å². The quantitative estimate of drug-likeness (QED) is 0.876. The molecule has 17 heavy (non-hydrogen) atoms. The Kier molecular flexibility index (Phi) is 2.48. The Bertz CT molecular complexity index is 541. The van der Waals surface area contributed by atoms with Crippen LogP contribution >= 0.6 is 0 Å². The number of aryl methyl sites for hydroxylation is 1. The normalized spacial score (nSPS) is 15.2. The van der Waals surface area contributed by atoms with Crippen molar-refractivity contribution in [2.45, 2.75) is 32.3 Å². The van der Waals surface area contributed by atoms with Crippen molar-refractivity contribution >= 4 is 0 Å². The van der Waals surface area contributed by atoms with Gasteiger partial charge >= 0.3 is 0 Å². The standard InChI is InChI=1S/C14H16N2O/c1-10-2-5-14(12(8-10)9-17)16-7-6-13(15-16)11-3-4-11/h2,5-8,11,17H,3-4,9H2,1H3. The van der Waals surface area contributed by atoms with Gasteiger partial charge in [-0.2, -0.15) is 5.10 Å². The minimum atomic E-state index is 0.0512. The molecule has 0 saturated heterocycles. The van der Waals surface area contributed by atoms with Crippen molar-refractivity contribution in [2.75, 3.05) is 0 Å². The number of rotatable bonds is 3. The Morgan fingerprint density at radius 2 is 2.18 bits per heavy atom. The van der Waals surface area contributed by atoms with Crippen LogP contribution in [0.5, 0.6) is 0 Å². The number of benzene rings is 1. The summed E-state index contributed by atoms with van der Waals surface area (Å²) < 4.78 is 1.87. The minimum absolute atomic E-state index is 0.0512. The summed E-state index contributed by atoms with van der Waals surface area (Å²) >= 11 is 0. The van der Waals surface area contributed by atoms with Gasteiger partial charge < -0.3 is 5.11 Å². The van der Waals surface area contributed by atoms with E-state index in [0.29, 0.717) is 5.92 Å². The van der Waals surface area contributed by atoms with Gasteiger partial charge in [0.1, 0.15) is 0 Å². The molecule has 1 aromatic carbocycles.